The Labute approximate surface area is 72.2 Å². The van der Waals surface area contributed by atoms with Gasteiger partial charge in [0.05, 0.1) is 17.5 Å². The molecule has 0 saturated heterocycles. The molecule has 0 fully saturated rings. The fraction of sp³-hybridized carbons (Fsp3) is 0. The van der Waals surface area contributed by atoms with Crippen molar-refractivity contribution >= 4 is 33.4 Å². The van der Waals surface area contributed by atoms with Gasteiger partial charge >= 0.3 is 0 Å². The number of hydrogen-bond acceptors (Lipinski definition) is 2. The van der Waals surface area contributed by atoms with Gasteiger partial charge in [0.25, 0.3) is 0 Å². The first kappa shape index (κ1) is 7.69. The second-order valence-corrected chi connectivity index (χ2v) is 2.72. The molecule has 2 nitrogen and oxygen atoms in total. The number of benzene rings is 1. The van der Waals surface area contributed by atoms with Crippen molar-refractivity contribution < 1.29 is 0 Å². The van der Waals surface area contributed by atoms with Crippen LogP contribution in [0.2, 0.25) is 0 Å². The molecule has 0 bridgehead atoms. The smallest absolute Gasteiger partial charge is 0.0868 e. The standard InChI is InChI=1S/C6H4BrClN2/c7-5-1-3-6(4-2-5)9-10-8/h1-4H/b10-9+. The van der Waals surface area contributed by atoms with Gasteiger partial charge in [-0.2, -0.15) is 0 Å². The lowest BCUT2D eigenvalue weighted by Crippen LogP contribution is -1.61. The maximum absolute atomic E-state index is 5.02. The second-order valence-electron chi connectivity index (χ2n) is 1.65. The van der Waals surface area contributed by atoms with Crippen molar-refractivity contribution in [2.45, 2.75) is 0 Å². The molecule has 1 aromatic carbocycles. The molecule has 0 amide bonds. The molecule has 0 aliphatic rings. The summed E-state index contributed by atoms with van der Waals surface area (Å²) >= 11 is 8.31. The van der Waals surface area contributed by atoms with Gasteiger partial charge in [-0.05, 0) is 24.3 Å². The van der Waals surface area contributed by atoms with Crippen LogP contribution in [-0.4, -0.2) is 0 Å². The molecule has 10 heavy (non-hydrogen) atoms. The molecule has 0 atom stereocenters. The molecule has 0 spiro atoms. The zero-order valence-corrected chi connectivity index (χ0v) is 7.30. The lowest BCUT2D eigenvalue weighted by Gasteiger charge is -1.88. The minimum Gasteiger partial charge on any atom is -0.138 e. The molecular weight excluding hydrogens is 215 g/mol. The van der Waals surface area contributed by atoms with Crippen LogP contribution in [0.3, 0.4) is 0 Å². The molecule has 1 aromatic rings. The number of halogens is 2. The topological polar surface area (TPSA) is 24.7 Å². The maximum Gasteiger partial charge on any atom is 0.0868 e. The predicted octanol–water partition coefficient (Wildman–Crippen LogP) is 3.69. The fourth-order valence-corrected chi connectivity index (χ4v) is 0.903. The molecular formula is C6H4BrClN2. The summed E-state index contributed by atoms with van der Waals surface area (Å²) in [6.45, 7) is 0. The summed E-state index contributed by atoms with van der Waals surface area (Å²) in [4.78, 5) is 0. The van der Waals surface area contributed by atoms with Gasteiger partial charge < -0.3 is 0 Å². The first-order valence-corrected chi connectivity index (χ1v) is 3.73. The highest BCUT2D eigenvalue weighted by atomic mass is 79.9. The van der Waals surface area contributed by atoms with Crippen LogP contribution in [0.25, 0.3) is 0 Å². The summed E-state index contributed by atoms with van der Waals surface area (Å²) in [7, 11) is 0. The van der Waals surface area contributed by atoms with Crippen LogP contribution in [0.1, 0.15) is 0 Å². The van der Waals surface area contributed by atoms with Crippen molar-refractivity contribution in [1.29, 1.82) is 0 Å². The maximum atomic E-state index is 5.02. The third-order valence-corrected chi connectivity index (χ3v) is 1.58. The molecule has 0 aliphatic heterocycles. The average molecular weight is 219 g/mol. The van der Waals surface area contributed by atoms with E-state index in [-0.39, 0.29) is 0 Å². The van der Waals surface area contributed by atoms with Gasteiger partial charge in [0.1, 0.15) is 0 Å². The largest absolute Gasteiger partial charge is 0.138 e. The summed E-state index contributed by atoms with van der Waals surface area (Å²) in [5, 5.41) is 3.62. The lowest BCUT2D eigenvalue weighted by molar-refractivity contribution is 1.32. The van der Waals surface area contributed by atoms with Crippen molar-refractivity contribution in [3.05, 3.63) is 28.7 Å². The van der Waals surface area contributed by atoms with Crippen LogP contribution < -0.4 is 0 Å². The zero-order chi connectivity index (χ0) is 7.40. The molecule has 0 saturated carbocycles. The van der Waals surface area contributed by atoms with Crippen LogP contribution in [0.4, 0.5) is 5.69 Å². The molecule has 0 N–H and O–H groups in total. The van der Waals surface area contributed by atoms with Gasteiger partial charge in [-0.15, -0.1) is 5.11 Å². The van der Waals surface area contributed by atoms with E-state index in [9.17, 15) is 0 Å². The molecule has 52 valence electrons. The van der Waals surface area contributed by atoms with E-state index >= 15 is 0 Å². The lowest BCUT2D eigenvalue weighted by atomic mass is 10.3. The van der Waals surface area contributed by atoms with Crippen molar-refractivity contribution in [2.75, 3.05) is 0 Å². The van der Waals surface area contributed by atoms with Crippen LogP contribution >= 0.6 is 27.7 Å². The van der Waals surface area contributed by atoms with Crippen molar-refractivity contribution in [2.24, 2.45) is 9.75 Å². The van der Waals surface area contributed by atoms with Crippen LogP contribution in [0.5, 0.6) is 0 Å². The highest BCUT2D eigenvalue weighted by Crippen LogP contribution is 2.16. The Balaban J connectivity index is 2.89. The normalized spacial score (nSPS) is 10.6. The number of hydrogen-bond donors (Lipinski definition) is 0. The van der Waals surface area contributed by atoms with Crippen molar-refractivity contribution in [3.8, 4) is 0 Å². The molecule has 1 rings (SSSR count). The summed E-state index contributed by atoms with van der Waals surface area (Å²) < 4.78 is 4.13. The van der Waals surface area contributed by atoms with E-state index < -0.39 is 0 Å². The van der Waals surface area contributed by atoms with E-state index in [0.29, 0.717) is 0 Å². The van der Waals surface area contributed by atoms with E-state index in [1.807, 2.05) is 24.3 Å². The first-order chi connectivity index (χ1) is 4.83. The van der Waals surface area contributed by atoms with Gasteiger partial charge in [0.2, 0.25) is 0 Å². The fourth-order valence-electron chi connectivity index (χ4n) is 0.551. The quantitative estimate of drug-likeness (QED) is 0.644. The summed E-state index contributed by atoms with van der Waals surface area (Å²) in [6.07, 6.45) is 0. The average Bonchev–Trinajstić information content (AvgIpc) is 1.95. The van der Waals surface area contributed by atoms with Gasteiger partial charge in [-0.3, -0.25) is 0 Å². The third-order valence-electron chi connectivity index (χ3n) is 0.980. The highest BCUT2D eigenvalue weighted by Gasteiger charge is 1.87. The molecule has 0 radical (unpaired) electrons. The van der Waals surface area contributed by atoms with Gasteiger partial charge in [0.15, 0.2) is 0 Å². The van der Waals surface area contributed by atoms with E-state index in [4.69, 9.17) is 11.8 Å². The van der Waals surface area contributed by atoms with E-state index in [1.165, 1.54) is 0 Å². The third kappa shape index (κ3) is 2.08. The second kappa shape index (κ2) is 3.68. The minimum absolute atomic E-state index is 0.748. The summed E-state index contributed by atoms with van der Waals surface area (Å²) in [6, 6.07) is 7.38. The summed E-state index contributed by atoms with van der Waals surface area (Å²) in [5.41, 5.74) is 0.748. The minimum atomic E-state index is 0.748. The predicted molar refractivity (Wildman–Crippen MR) is 44.5 cm³/mol. The van der Waals surface area contributed by atoms with Crippen LogP contribution in [0.15, 0.2) is 38.5 Å². The number of nitrogens with zero attached hydrogens (tertiary/aromatic N) is 2. The monoisotopic (exact) mass is 218 g/mol. The molecule has 0 aliphatic carbocycles. The van der Waals surface area contributed by atoms with Crippen molar-refractivity contribution in [1.82, 2.24) is 0 Å². The van der Waals surface area contributed by atoms with Crippen LogP contribution in [-0.2, 0) is 0 Å². The van der Waals surface area contributed by atoms with E-state index in [0.717, 1.165) is 10.2 Å². The van der Waals surface area contributed by atoms with Gasteiger partial charge in [-0.25, -0.2) is 0 Å². The van der Waals surface area contributed by atoms with Gasteiger partial charge in [-0.1, -0.05) is 20.6 Å². The Bertz CT molecular complexity index is 232. The van der Waals surface area contributed by atoms with Crippen molar-refractivity contribution in [3.63, 3.8) is 0 Å². The van der Waals surface area contributed by atoms with Gasteiger partial charge in [0, 0.05) is 4.47 Å². The Kier molecular flexibility index (Phi) is 2.83. The Morgan fingerprint density at radius 1 is 1.20 bits per heavy atom. The number of rotatable bonds is 1. The summed E-state index contributed by atoms with van der Waals surface area (Å²) in [5.74, 6) is 0. The molecule has 4 heteroatoms. The van der Waals surface area contributed by atoms with E-state index in [2.05, 4.69) is 25.7 Å². The highest BCUT2D eigenvalue weighted by molar-refractivity contribution is 9.10. The Morgan fingerprint density at radius 2 is 1.80 bits per heavy atom. The Hall–Kier alpha value is -0.410. The first-order valence-electron chi connectivity index (χ1n) is 2.60. The Morgan fingerprint density at radius 3 is 2.30 bits per heavy atom. The molecule has 0 heterocycles. The van der Waals surface area contributed by atoms with E-state index in [1.54, 1.807) is 0 Å². The van der Waals surface area contributed by atoms with Crippen LogP contribution in [0, 0.1) is 0 Å². The zero-order valence-electron chi connectivity index (χ0n) is 4.96. The molecule has 0 aromatic heterocycles. The molecule has 0 unspecified atom stereocenters. The SMILES string of the molecule is Cl/N=N/c1ccc(Br)cc1.